The summed E-state index contributed by atoms with van der Waals surface area (Å²) >= 11 is 0. The molecule has 3 rings (SSSR count). The predicted molar refractivity (Wildman–Crippen MR) is 84.7 cm³/mol. The van der Waals surface area contributed by atoms with Crippen LogP contribution in [0.1, 0.15) is 16.7 Å². The van der Waals surface area contributed by atoms with Crippen molar-refractivity contribution < 1.29 is 8.96 Å². The van der Waals surface area contributed by atoms with Gasteiger partial charge in [0.15, 0.2) is 0 Å². The molecule has 0 bridgehead atoms. The van der Waals surface area contributed by atoms with Gasteiger partial charge in [0.05, 0.1) is 0 Å². The lowest BCUT2D eigenvalue weighted by atomic mass is 9.97. The average molecular weight is 280 g/mol. The first-order valence-corrected chi connectivity index (χ1v) is 7.14. The minimum atomic E-state index is -0.196. The number of nitrogens with zero attached hydrogens (tertiary/aromatic N) is 1. The third kappa shape index (κ3) is 2.31. The molecule has 0 aliphatic rings. The molecule has 0 fully saturated rings. The molecule has 0 spiro atoms. The Morgan fingerprint density at radius 1 is 0.905 bits per heavy atom. The van der Waals surface area contributed by atoms with Crippen molar-refractivity contribution in [2.45, 2.75) is 20.8 Å². The van der Waals surface area contributed by atoms with Gasteiger partial charge in [0.2, 0.25) is 11.2 Å². The lowest BCUT2D eigenvalue weighted by Crippen LogP contribution is -2.32. The maximum atomic E-state index is 13.4. The highest BCUT2D eigenvalue weighted by molar-refractivity contribution is 5.78. The van der Waals surface area contributed by atoms with Crippen LogP contribution in [0.3, 0.4) is 0 Å². The van der Waals surface area contributed by atoms with Crippen LogP contribution in [0.25, 0.3) is 22.2 Å². The molecule has 0 aliphatic carbocycles. The van der Waals surface area contributed by atoms with Crippen molar-refractivity contribution in [3.8, 4) is 11.3 Å². The molecule has 0 atom stereocenters. The number of hydrogen-bond acceptors (Lipinski definition) is 0. The van der Waals surface area contributed by atoms with E-state index in [1.807, 2.05) is 19.2 Å². The fourth-order valence-corrected chi connectivity index (χ4v) is 2.95. The second-order valence-electron chi connectivity index (χ2n) is 5.74. The van der Waals surface area contributed by atoms with E-state index in [4.69, 9.17) is 0 Å². The Kier molecular flexibility index (Phi) is 3.25. The normalized spacial score (nSPS) is 11.1. The Morgan fingerprint density at radius 2 is 1.67 bits per heavy atom. The molecule has 1 aromatic heterocycles. The van der Waals surface area contributed by atoms with Crippen LogP contribution in [-0.4, -0.2) is 0 Å². The van der Waals surface area contributed by atoms with E-state index in [0.29, 0.717) is 0 Å². The van der Waals surface area contributed by atoms with Crippen molar-refractivity contribution in [2.75, 3.05) is 0 Å². The van der Waals surface area contributed by atoms with E-state index >= 15 is 0 Å². The third-order valence-electron chi connectivity index (χ3n) is 4.22. The molecule has 0 N–H and O–H groups in total. The number of rotatable bonds is 1. The van der Waals surface area contributed by atoms with E-state index in [0.717, 1.165) is 16.6 Å². The van der Waals surface area contributed by atoms with Crippen LogP contribution in [0.15, 0.2) is 42.5 Å². The summed E-state index contributed by atoms with van der Waals surface area (Å²) in [5, 5.41) is 0.920. The molecule has 1 nitrogen and oxygen atoms in total. The number of pyridine rings is 1. The van der Waals surface area contributed by atoms with Crippen molar-refractivity contribution >= 4 is 10.9 Å². The van der Waals surface area contributed by atoms with E-state index in [1.165, 1.54) is 28.3 Å². The Labute approximate surface area is 124 Å². The van der Waals surface area contributed by atoms with Gasteiger partial charge in [-0.15, -0.1) is 0 Å². The fourth-order valence-electron chi connectivity index (χ4n) is 2.95. The van der Waals surface area contributed by atoms with Crippen LogP contribution in [0, 0.1) is 26.6 Å². The molecule has 106 valence electrons. The van der Waals surface area contributed by atoms with Crippen LogP contribution < -0.4 is 4.57 Å². The third-order valence-corrected chi connectivity index (χ3v) is 4.22. The smallest absolute Gasteiger partial charge is 0.207 e. The summed E-state index contributed by atoms with van der Waals surface area (Å²) in [4.78, 5) is 0. The molecule has 0 radical (unpaired) electrons. The molecular formula is C19H19FN+. The van der Waals surface area contributed by atoms with Gasteiger partial charge < -0.3 is 0 Å². The van der Waals surface area contributed by atoms with Crippen LogP contribution in [-0.2, 0) is 7.05 Å². The first-order chi connectivity index (χ1) is 9.97. The number of benzene rings is 2. The minimum absolute atomic E-state index is 0.196. The lowest BCUT2D eigenvalue weighted by Gasteiger charge is -2.10. The van der Waals surface area contributed by atoms with E-state index < -0.39 is 0 Å². The molecule has 0 unspecified atom stereocenters. The topological polar surface area (TPSA) is 3.88 Å². The molecule has 0 saturated heterocycles. The van der Waals surface area contributed by atoms with Gasteiger partial charge in [-0.1, -0.05) is 11.6 Å². The summed E-state index contributed by atoms with van der Waals surface area (Å²) in [5.74, 6) is -0.196. The standard InChI is InChI=1S/C19H19FN/c1-12-9-13(2)14(3)17(10-12)19-7-5-15-11-16(20)6-8-18(15)21(19)4/h5-11H,1-4H3/q+1. The van der Waals surface area contributed by atoms with Gasteiger partial charge in [-0.2, -0.15) is 4.57 Å². The minimum Gasteiger partial charge on any atom is -0.207 e. The van der Waals surface area contributed by atoms with E-state index in [9.17, 15) is 4.39 Å². The molecule has 2 aromatic carbocycles. The Morgan fingerprint density at radius 3 is 2.43 bits per heavy atom. The van der Waals surface area contributed by atoms with Gasteiger partial charge >= 0.3 is 0 Å². The number of aromatic nitrogens is 1. The summed E-state index contributed by atoms with van der Waals surface area (Å²) in [6.45, 7) is 6.41. The molecule has 21 heavy (non-hydrogen) atoms. The van der Waals surface area contributed by atoms with Crippen LogP contribution in [0.5, 0.6) is 0 Å². The molecule has 1 heterocycles. The number of fused-ring (bicyclic) bond motifs is 1. The Balaban J connectivity index is 2.31. The summed E-state index contributed by atoms with van der Waals surface area (Å²) in [5.41, 5.74) is 7.27. The maximum Gasteiger partial charge on any atom is 0.213 e. The van der Waals surface area contributed by atoms with Gasteiger partial charge in [-0.25, -0.2) is 4.39 Å². The summed E-state index contributed by atoms with van der Waals surface area (Å²) < 4.78 is 15.5. The first kappa shape index (κ1) is 13.7. The zero-order valence-electron chi connectivity index (χ0n) is 12.9. The van der Waals surface area contributed by atoms with Crippen molar-refractivity contribution in [1.82, 2.24) is 0 Å². The Bertz CT molecular complexity index is 850. The van der Waals surface area contributed by atoms with E-state index in [2.05, 4.69) is 43.5 Å². The zero-order valence-corrected chi connectivity index (χ0v) is 12.9. The summed E-state index contributed by atoms with van der Waals surface area (Å²) in [7, 11) is 2.03. The highest BCUT2D eigenvalue weighted by Gasteiger charge is 2.17. The summed E-state index contributed by atoms with van der Waals surface area (Å²) in [6.07, 6.45) is 0. The monoisotopic (exact) mass is 280 g/mol. The second-order valence-corrected chi connectivity index (χ2v) is 5.74. The molecule has 0 saturated carbocycles. The van der Waals surface area contributed by atoms with Gasteiger partial charge in [0, 0.05) is 23.1 Å². The largest absolute Gasteiger partial charge is 0.213 e. The van der Waals surface area contributed by atoms with Gasteiger partial charge in [-0.3, -0.25) is 0 Å². The van der Waals surface area contributed by atoms with Gasteiger partial charge in [-0.05, 0) is 56.2 Å². The second kappa shape index (κ2) is 4.96. The van der Waals surface area contributed by atoms with Crippen LogP contribution in [0.2, 0.25) is 0 Å². The van der Waals surface area contributed by atoms with Crippen LogP contribution in [0.4, 0.5) is 4.39 Å². The highest BCUT2D eigenvalue weighted by atomic mass is 19.1. The Hall–Kier alpha value is -2.22. The molecule has 0 aliphatic heterocycles. The van der Waals surface area contributed by atoms with Gasteiger partial charge in [0.25, 0.3) is 0 Å². The predicted octanol–water partition coefficient (Wildman–Crippen LogP) is 4.40. The highest BCUT2D eigenvalue weighted by Crippen LogP contribution is 2.26. The zero-order chi connectivity index (χ0) is 15.1. The lowest BCUT2D eigenvalue weighted by molar-refractivity contribution is -0.633. The van der Waals surface area contributed by atoms with Crippen molar-refractivity contribution in [3.63, 3.8) is 0 Å². The number of hydrogen-bond donors (Lipinski definition) is 0. The van der Waals surface area contributed by atoms with Crippen molar-refractivity contribution in [3.05, 3.63) is 65.0 Å². The van der Waals surface area contributed by atoms with Gasteiger partial charge in [0.1, 0.15) is 12.9 Å². The van der Waals surface area contributed by atoms with E-state index in [1.54, 1.807) is 6.07 Å². The molecule has 2 heteroatoms. The maximum absolute atomic E-state index is 13.4. The average Bonchev–Trinajstić information content (AvgIpc) is 2.43. The number of aryl methyl sites for hydroxylation is 3. The quantitative estimate of drug-likeness (QED) is 0.582. The van der Waals surface area contributed by atoms with Crippen molar-refractivity contribution in [1.29, 1.82) is 0 Å². The van der Waals surface area contributed by atoms with Crippen molar-refractivity contribution in [2.24, 2.45) is 7.05 Å². The van der Waals surface area contributed by atoms with E-state index in [-0.39, 0.29) is 5.82 Å². The van der Waals surface area contributed by atoms with Crippen LogP contribution >= 0.6 is 0 Å². The molecular weight excluding hydrogens is 261 g/mol. The summed E-state index contributed by atoms with van der Waals surface area (Å²) in [6, 6.07) is 13.4. The molecule has 0 amide bonds. The first-order valence-electron chi connectivity index (χ1n) is 7.14. The fraction of sp³-hybridized carbons (Fsp3) is 0.211. The number of halogens is 1. The molecule has 3 aromatic rings. The SMILES string of the molecule is Cc1cc(C)c(C)c(-c2ccc3cc(F)ccc3[n+]2C)c1.